The van der Waals surface area contributed by atoms with Gasteiger partial charge in [-0.25, -0.2) is 28.0 Å². The van der Waals surface area contributed by atoms with Gasteiger partial charge in [-0.05, 0) is 27.7 Å². The number of aliphatic hydroxyl groups is 2. The Bertz CT molecular complexity index is 1290. The molecule has 1 saturated carbocycles. The van der Waals surface area contributed by atoms with Gasteiger partial charge < -0.3 is 33.9 Å². The van der Waals surface area contributed by atoms with Crippen molar-refractivity contribution in [3.8, 4) is 12.3 Å². The minimum absolute atomic E-state index is 0.344. The molecular weight excluding hydrogens is 563 g/mol. The molecule has 1 aliphatic carbocycles. The number of terminal acetylenes is 1. The zero-order valence-corrected chi connectivity index (χ0v) is 22.8. The zero-order chi connectivity index (χ0) is 29.9. The molecule has 0 aromatic carbocycles. The lowest BCUT2D eigenvalue weighted by atomic mass is 9.93. The van der Waals surface area contributed by atoms with E-state index in [0.717, 1.165) is 16.8 Å². The first kappa shape index (κ1) is 31.3. The number of H-pyrrole nitrogens is 1. The molecule has 1 aliphatic heterocycles. The average Bonchev–Trinajstić information content (AvgIpc) is 3.40. The molecule has 2 heterocycles. The number of aromatic amines is 1. The van der Waals surface area contributed by atoms with Gasteiger partial charge in [0.15, 0.2) is 6.23 Å². The van der Waals surface area contributed by atoms with Crippen molar-refractivity contribution in [2.75, 3.05) is 20.2 Å². The highest BCUT2D eigenvalue weighted by atomic mass is 31.2. The van der Waals surface area contributed by atoms with Gasteiger partial charge in [-0.3, -0.25) is 18.9 Å². The van der Waals surface area contributed by atoms with Gasteiger partial charge >= 0.3 is 25.8 Å². The standard InChI is InChI=1S/C22H29N2O15P/c1-6-21(29)16(24-8-7-15(25)23-17(24)26)39-20(9-22(20,21)30)10-34-40(31,35-11-32-18(27)37-13(2)3)36-12-33-19(28)38-14(4)5/h1,7-8,13-14,16,29-30H,9-12H2,2-5H3,(H,23,25,26)/t16-,20-,21+,22-/m1/s1. The lowest BCUT2D eigenvalue weighted by Crippen LogP contribution is -2.50. The summed E-state index contributed by atoms with van der Waals surface area (Å²) in [5, 5.41) is 22.3. The van der Waals surface area contributed by atoms with Crippen LogP contribution in [0.4, 0.5) is 9.59 Å². The summed E-state index contributed by atoms with van der Waals surface area (Å²) in [6.45, 7) is 3.40. The Morgan fingerprint density at radius 3 is 2.15 bits per heavy atom. The molecule has 0 amide bonds. The number of nitrogens with one attached hydrogen (secondary N) is 1. The van der Waals surface area contributed by atoms with Crippen LogP contribution in [0.5, 0.6) is 0 Å². The quantitative estimate of drug-likeness (QED) is 0.130. The second kappa shape index (κ2) is 11.7. The molecule has 0 bridgehead atoms. The van der Waals surface area contributed by atoms with Crippen molar-refractivity contribution in [3.05, 3.63) is 33.1 Å². The third-order valence-corrected chi connectivity index (χ3v) is 7.00. The van der Waals surface area contributed by atoms with E-state index in [4.69, 9.17) is 34.2 Å². The molecule has 3 rings (SSSR count). The highest BCUT2D eigenvalue weighted by Gasteiger charge is 2.86. The fraction of sp³-hybridized carbons (Fsp3) is 0.636. The molecule has 0 unspecified atom stereocenters. The monoisotopic (exact) mass is 592 g/mol. The van der Waals surface area contributed by atoms with E-state index in [1.165, 1.54) is 0 Å². The number of phosphoric acid groups is 1. The summed E-state index contributed by atoms with van der Waals surface area (Å²) in [6, 6.07) is 0.962. The van der Waals surface area contributed by atoms with Crippen LogP contribution in [0.15, 0.2) is 21.9 Å². The second-order valence-electron chi connectivity index (χ2n) is 9.27. The summed E-state index contributed by atoms with van der Waals surface area (Å²) in [4.78, 5) is 48.9. The summed E-state index contributed by atoms with van der Waals surface area (Å²) in [7, 11) is -4.76. The Hall–Kier alpha value is -3.23. The van der Waals surface area contributed by atoms with Gasteiger partial charge in [0.1, 0.15) is 11.2 Å². The van der Waals surface area contributed by atoms with Gasteiger partial charge in [0.25, 0.3) is 5.56 Å². The normalized spacial score (nSPS) is 27.1. The van der Waals surface area contributed by atoms with E-state index in [-0.39, 0.29) is 6.42 Å². The fourth-order valence-electron chi connectivity index (χ4n) is 3.78. The molecule has 0 radical (unpaired) electrons. The summed E-state index contributed by atoms with van der Waals surface area (Å²) < 4.78 is 53.7. The van der Waals surface area contributed by atoms with Crippen molar-refractivity contribution in [2.24, 2.45) is 0 Å². The van der Waals surface area contributed by atoms with Crippen molar-refractivity contribution in [3.63, 3.8) is 0 Å². The van der Waals surface area contributed by atoms with E-state index >= 15 is 0 Å². The number of carbonyl (C=O) groups excluding carboxylic acids is 2. The topological polar surface area (TPSA) is 220 Å². The smallest absolute Gasteiger partial charge is 0.432 e. The van der Waals surface area contributed by atoms with E-state index in [2.05, 4.69) is 9.47 Å². The Kier molecular flexibility index (Phi) is 9.16. The van der Waals surface area contributed by atoms with E-state index in [0.29, 0.717) is 0 Å². The maximum Gasteiger partial charge on any atom is 0.510 e. The summed E-state index contributed by atoms with van der Waals surface area (Å²) in [6.07, 6.45) is 1.04. The minimum atomic E-state index is -4.76. The van der Waals surface area contributed by atoms with E-state index in [1.54, 1.807) is 27.7 Å². The lowest BCUT2D eigenvalue weighted by molar-refractivity contribution is -0.124. The predicted octanol–water partition coefficient (Wildman–Crippen LogP) is 0.499. The molecule has 3 N–H and O–H groups in total. The molecule has 17 nitrogen and oxygen atoms in total. The highest BCUT2D eigenvalue weighted by Crippen LogP contribution is 2.68. The van der Waals surface area contributed by atoms with Gasteiger partial charge in [-0.1, -0.05) is 5.92 Å². The molecule has 0 spiro atoms. The lowest BCUT2D eigenvalue weighted by Gasteiger charge is -2.30. The average molecular weight is 592 g/mol. The van der Waals surface area contributed by atoms with Crippen LogP contribution in [0.25, 0.3) is 0 Å². The molecule has 2 fully saturated rings. The van der Waals surface area contributed by atoms with Crippen LogP contribution < -0.4 is 11.2 Å². The predicted molar refractivity (Wildman–Crippen MR) is 128 cm³/mol. The van der Waals surface area contributed by atoms with Crippen molar-refractivity contribution < 1.29 is 61.6 Å². The number of nitrogens with zero attached hydrogens (tertiary/aromatic N) is 1. The molecule has 1 aromatic heterocycles. The van der Waals surface area contributed by atoms with Crippen LogP contribution in [0.1, 0.15) is 40.3 Å². The number of hydrogen-bond donors (Lipinski definition) is 3. The van der Waals surface area contributed by atoms with Crippen molar-refractivity contribution >= 4 is 20.1 Å². The Labute approximate surface area is 226 Å². The number of aromatic nitrogens is 2. The molecule has 18 heteroatoms. The van der Waals surface area contributed by atoms with Crippen LogP contribution in [0, 0.1) is 12.3 Å². The van der Waals surface area contributed by atoms with E-state index < -0.39 is 86.8 Å². The number of carbonyl (C=O) groups is 2. The van der Waals surface area contributed by atoms with Crippen molar-refractivity contribution in [1.29, 1.82) is 0 Å². The first-order valence-corrected chi connectivity index (χ1v) is 13.2. The first-order valence-electron chi connectivity index (χ1n) is 11.7. The summed E-state index contributed by atoms with van der Waals surface area (Å²) in [5.41, 5.74) is -8.29. The molecule has 1 aromatic rings. The maximum absolute atomic E-state index is 13.3. The second-order valence-corrected chi connectivity index (χ2v) is 10.9. The molecule has 4 atom stereocenters. The number of phosphoric ester groups is 1. The minimum Gasteiger partial charge on any atom is -0.432 e. The van der Waals surface area contributed by atoms with Crippen LogP contribution in [-0.2, 0) is 41.8 Å². The molecule has 2 aliphatic rings. The largest absolute Gasteiger partial charge is 0.510 e. The maximum atomic E-state index is 13.3. The zero-order valence-electron chi connectivity index (χ0n) is 21.9. The third-order valence-electron chi connectivity index (χ3n) is 5.71. The molecule has 222 valence electrons. The van der Waals surface area contributed by atoms with Gasteiger partial charge in [0.05, 0.1) is 18.8 Å². The van der Waals surface area contributed by atoms with Crippen LogP contribution >= 0.6 is 7.82 Å². The number of fused-ring (bicyclic) bond motifs is 1. The van der Waals surface area contributed by atoms with Crippen molar-refractivity contribution in [1.82, 2.24) is 9.55 Å². The molecular formula is C22H29N2O15P. The fourth-order valence-corrected chi connectivity index (χ4v) is 4.74. The SMILES string of the molecule is C#C[C@]1(O)[C@H](n2ccc(=O)[nH]c2=O)O[C@@]2(COP(=O)(OCOC(=O)OC(C)C)OCOC(=O)OC(C)C)C[C@@]21O. The Morgan fingerprint density at radius 1 is 1.12 bits per heavy atom. The van der Waals surface area contributed by atoms with E-state index in [9.17, 15) is 34.0 Å². The van der Waals surface area contributed by atoms with E-state index in [1.807, 2.05) is 10.9 Å². The Morgan fingerprint density at radius 2 is 1.68 bits per heavy atom. The van der Waals surface area contributed by atoms with Gasteiger partial charge in [0, 0.05) is 18.7 Å². The number of rotatable bonds is 12. The van der Waals surface area contributed by atoms with Crippen molar-refractivity contribution in [2.45, 2.75) is 69.4 Å². The highest BCUT2D eigenvalue weighted by molar-refractivity contribution is 7.48. The first-order chi connectivity index (χ1) is 18.6. The number of ether oxygens (including phenoxy) is 5. The summed E-state index contributed by atoms with van der Waals surface area (Å²) >= 11 is 0. The Balaban J connectivity index is 1.75. The van der Waals surface area contributed by atoms with Gasteiger partial charge in [-0.15, -0.1) is 6.42 Å². The third kappa shape index (κ3) is 6.39. The van der Waals surface area contributed by atoms with Crippen LogP contribution in [-0.4, -0.2) is 81.3 Å². The number of hydrogen-bond acceptors (Lipinski definition) is 15. The summed E-state index contributed by atoms with van der Waals surface area (Å²) in [5.74, 6) is 2.01. The molecule has 1 saturated heterocycles. The van der Waals surface area contributed by atoms with Gasteiger partial charge in [-0.2, -0.15) is 0 Å². The van der Waals surface area contributed by atoms with Gasteiger partial charge in [0.2, 0.25) is 19.2 Å². The molecule has 40 heavy (non-hydrogen) atoms. The van der Waals surface area contributed by atoms with Crippen LogP contribution in [0.3, 0.4) is 0 Å². The van der Waals surface area contributed by atoms with Crippen LogP contribution in [0.2, 0.25) is 0 Å².